The number of benzene rings is 1. The number of aryl methyl sites for hydroxylation is 2. The van der Waals surface area contributed by atoms with E-state index in [1.165, 1.54) is 0 Å². The molecule has 5 nitrogen and oxygen atoms in total. The van der Waals surface area contributed by atoms with Crippen LogP contribution in [-0.2, 0) is 0 Å². The lowest BCUT2D eigenvalue weighted by atomic mass is 10.2. The van der Waals surface area contributed by atoms with Gasteiger partial charge < -0.3 is 9.80 Å². The van der Waals surface area contributed by atoms with Gasteiger partial charge in [-0.05, 0) is 45.4 Å². The van der Waals surface area contributed by atoms with Gasteiger partial charge in [-0.15, -0.1) is 0 Å². The minimum absolute atomic E-state index is 0.0381. The van der Waals surface area contributed by atoms with E-state index in [1.54, 1.807) is 12.1 Å². The van der Waals surface area contributed by atoms with Crippen LogP contribution < -0.4 is 4.90 Å². The second kappa shape index (κ2) is 7.40. The highest BCUT2D eigenvalue weighted by Crippen LogP contribution is 2.22. The third-order valence-electron chi connectivity index (χ3n) is 4.63. The Kier molecular flexibility index (Phi) is 5.23. The monoisotopic (exact) mass is 358 g/mol. The number of carbonyl (C=O) groups is 1. The van der Waals surface area contributed by atoms with Crippen LogP contribution in [0.2, 0.25) is 5.02 Å². The fourth-order valence-electron chi connectivity index (χ4n) is 3.19. The molecule has 2 aromatic rings. The number of nitrogens with zero attached hydrogens (tertiary/aromatic N) is 4. The zero-order valence-corrected chi connectivity index (χ0v) is 15.7. The van der Waals surface area contributed by atoms with Crippen molar-refractivity contribution in [3.05, 3.63) is 51.9 Å². The molecule has 25 heavy (non-hydrogen) atoms. The van der Waals surface area contributed by atoms with Gasteiger partial charge in [-0.1, -0.05) is 17.7 Å². The fourth-order valence-corrected chi connectivity index (χ4v) is 3.39. The van der Waals surface area contributed by atoms with Crippen LogP contribution in [0.4, 0.5) is 5.82 Å². The summed E-state index contributed by atoms with van der Waals surface area (Å²) in [4.78, 5) is 26.0. The molecule has 0 unspecified atom stereocenters. The SMILES string of the molecule is Cc1nc(C)c(C)c(N2CCCN(C(=O)c3cccc(Cl)c3)CC2)n1. The van der Waals surface area contributed by atoms with Gasteiger partial charge in [-0.3, -0.25) is 4.79 Å². The zero-order chi connectivity index (χ0) is 18.0. The van der Waals surface area contributed by atoms with Crippen molar-refractivity contribution in [3.63, 3.8) is 0 Å². The van der Waals surface area contributed by atoms with Gasteiger partial charge in [-0.25, -0.2) is 9.97 Å². The van der Waals surface area contributed by atoms with Crippen molar-refractivity contribution in [3.8, 4) is 0 Å². The first-order valence-corrected chi connectivity index (χ1v) is 8.95. The molecular formula is C19H23ClN4O. The first-order chi connectivity index (χ1) is 12.0. The fraction of sp³-hybridized carbons (Fsp3) is 0.421. The maximum atomic E-state index is 12.7. The van der Waals surface area contributed by atoms with Crippen molar-refractivity contribution in [1.29, 1.82) is 0 Å². The Bertz CT molecular complexity index is 793. The van der Waals surface area contributed by atoms with E-state index in [0.29, 0.717) is 17.1 Å². The molecule has 0 N–H and O–H groups in total. The molecule has 1 saturated heterocycles. The Hall–Kier alpha value is -2.14. The summed E-state index contributed by atoms with van der Waals surface area (Å²) < 4.78 is 0. The number of carbonyl (C=O) groups excluding carboxylic acids is 1. The van der Waals surface area contributed by atoms with Crippen LogP contribution in [0.5, 0.6) is 0 Å². The maximum Gasteiger partial charge on any atom is 0.253 e. The number of halogens is 1. The smallest absolute Gasteiger partial charge is 0.253 e. The predicted molar refractivity (Wildman–Crippen MR) is 100 cm³/mol. The van der Waals surface area contributed by atoms with E-state index in [-0.39, 0.29) is 5.91 Å². The van der Waals surface area contributed by atoms with Crippen LogP contribution in [0.25, 0.3) is 0 Å². The van der Waals surface area contributed by atoms with Crippen LogP contribution in [-0.4, -0.2) is 47.0 Å². The molecule has 2 heterocycles. The molecule has 1 aliphatic heterocycles. The largest absolute Gasteiger partial charge is 0.354 e. The molecular weight excluding hydrogens is 336 g/mol. The average molecular weight is 359 g/mol. The Labute approximate surface area is 153 Å². The molecule has 1 aliphatic rings. The topological polar surface area (TPSA) is 49.3 Å². The molecule has 3 rings (SSSR count). The van der Waals surface area contributed by atoms with Crippen molar-refractivity contribution >= 4 is 23.3 Å². The van der Waals surface area contributed by atoms with Gasteiger partial charge in [-0.2, -0.15) is 0 Å². The van der Waals surface area contributed by atoms with Gasteiger partial charge in [0.05, 0.1) is 0 Å². The third-order valence-corrected chi connectivity index (χ3v) is 4.86. The summed E-state index contributed by atoms with van der Waals surface area (Å²) in [5.41, 5.74) is 2.77. The number of hydrogen-bond acceptors (Lipinski definition) is 4. The molecule has 1 fully saturated rings. The maximum absolute atomic E-state index is 12.7. The Morgan fingerprint density at radius 1 is 1.08 bits per heavy atom. The summed E-state index contributed by atoms with van der Waals surface area (Å²) >= 11 is 6.02. The van der Waals surface area contributed by atoms with Crippen molar-refractivity contribution in [2.75, 3.05) is 31.1 Å². The molecule has 1 aromatic carbocycles. The third kappa shape index (κ3) is 3.93. The highest BCUT2D eigenvalue weighted by molar-refractivity contribution is 6.30. The molecule has 6 heteroatoms. The van der Waals surface area contributed by atoms with Crippen LogP contribution in [0.3, 0.4) is 0 Å². The lowest BCUT2D eigenvalue weighted by Gasteiger charge is -2.25. The summed E-state index contributed by atoms with van der Waals surface area (Å²) in [5, 5.41) is 0.588. The molecule has 0 aliphatic carbocycles. The van der Waals surface area contributed by atoms with Crippen molar-refractivity contribution < 1.29 is 4.79 Å². The Balaban J connectivity index is 1.76. The molecule has 132 valence electrons. The number of aromatic nitrogens is 2. The van der Waals surface area contributed by atoms with Crippen LogP contribution >= 0.6 is 11.6 Å². The van der Waals surface area contributed by atoms with E-state index in [4.69, 9.17) is 11.6 Å². The lowest BCUT2D eigenvalue weighted by molar-refractivity contribution is 0.0767. The van der Waals surface area contributed by atoms with E-state index >= 15 is 0 Å². The van der Waals surface area contributed by atoms with Gasteiger partial charge in [0.1, 0.15) is 11.6 Å². The van der Waals surface area contributed by atoms with Gasteiger partial charge in [0.2, 0.25) is 0 Å². The molecule has 0 atom stereocenters. The Morgan fingerprint density at radius 2 is 1.88 bits per heavy atom. The van der Waals surface area contributed by atoms with E-state index in [2.05, 4.69) is 21.8 Å². The summed E-state index contributed by atoms with van der Waals surface area (Å²) in [5.74, 6) is 1.81. The van der Waals surface area contributed by atoms with Gasteiger partial charge in [0, 0.05) is 48.0 Å². The molecule has 1 aromatic heterocycles. The lowest BCUT2D eigenvalue weighted by Crippen LogP contribution is -2.35. The van der Waals surface area contributed by atoms with Gasteiger partial charge in [0.15, 0.2) is 0 Å². The number of rotatable bonds is 2. The number of hydrogen-bond donors (Lipinski definition) is 0. The predicted octanol–water partition coefficient (Wildman–Crippen LogP) is 3.41. The van der Waals surface area contributed by atoms with E-state index in [0.717, 1.165) is 49.0 Å². The highest BCUT2D eigenvalue weighted by atomic mass is 35.5. The van der Waals surface area contributed by atoms with Crippen molar-refractivity contribution in [2.45, 2.75) is 27.2 Å². The molecule has 1 amide bonds. The normalized spacial score (nSPS) is 15.2. The van der Waals surface area contributed by atoms with Gasteiger partial charge in [0.25, 0.3) is 5.91 Å². The second-order valence-electron chi connectivity index (χ2n) is 6.45. The summed E-state index contributed by atoms with van der Waals surface area (Å²) in [7, 11) is 0. The Morgan fingerprint density at radius 3 is 2.64 bits per heavy atom. The van der Waals surface area contributed by atoms with Crippen LogP contribution in [0, 0.1) is 20.8 Å². The number of anilines is 1. The minimum atomic E-state index is 0.0381. The quantitative estimate of drug-likeness (QED) is 0.825. The van der Waals surface area contributed by atoms with Gasteiger partial charge >= 0.3 is 0 Å². The molecule has 0 radical (unpaired) electrons. The molecule has 0 bridgehead atoms. The molecule has 0 saturated carbocycles. The molecule has 0 spiro atoms. The zero-order valence-electron chi connectivity index (χ0n) is 14.9. The summed E-state index contributed by atoms with van der Waals surface area (Å²) in [6.07, 6.45) is 0.911. The van der Waals surface area contributed by atoms with Crippen molar-refractivity contribution in [1.82, 2.24) is 14.9 Å². The van der Waals surface area contributed by atoms with Crippen LogP contribution in [0.15, 0.2) is 24.3 Å². The number of amides is 1. The van der Waals surface area contributed by atoms with Crippen LogP contribution in [0.1, 0.15) is 33.9 Å². The first kappa shape index (κ1) is 17.7. The van der Waals surface area contributed by atoms with E-state index in [9.17, 15) is 4.79 Å². The highest BCUT2D eigenvalue weighted by Gasteiger charge is 2.22. The summed E-state index contributed by atoms with van der Waals surface area (Å²) in [6, 6.07) is 7.15. The first-order valence-electron chi connectivity index (χ1n) is 8.57. The van der Waals surface area contributed by atoms with Crippen molar-refractivity contribution in [2.24, 2.45) is 0 Å². The standard InChI is InChI=1S/C19H23ClN4O/c1-13-14(2)21-15(3)22-18(13)23-8-5-9-24(11-10-23)19(25)16-6-4-7-17(20)12-16/h4,6-7,12H,5,8-11H2,1-3H3. The average Bonchev–Trinajstić information content (AvgIpc) is 2.83. The minimum Gasteiger partial charge on any atom is -0.354 e. The van der Waals surface area contributed by atoms with E-state index in [1.807, 2.05) is 30.9 Å². The second-order valence-corrected chi connectivity index (χ2v) is 6.88. The summed E-state index contributed by atoms with van der Waals surface area (Å²) in [6.45, 7) is 9.06. The van der Waals surface area contributed by atoms with E-state index < -0.39 is 0 Å².